The maximum Gasteiger partial charge on any atom is 0.297 e. The molecule has 29 heavy (non-hydrogen) atoms. The van der Waals surface area contributed by atoms with Gasteiger partial charge in [-0.3, -0.25) is 4.18 Å². The van der Waals surface area contributed by atoms with Crippen molar-refractivity contribution >= 4 is 10.1 Å². The fourth-order valence-electron chi connectivity index (χ4n) is 4.15. The lowest BCUT2D eigenvalue weighted by Crippen LogP contribution is -2.22. The van der Waals surface area contributed by atoms with Crippen molar-refractivity contribution in [2.24, 2.45) is 0 Å². The standard InChI is InChI=1S/C24H40O3S.H3N/c1-2-3-4-5-6-7-8-9-10-12-17-22-18-15-16-21-24(22)28(25,26)27-23-19-13-11-14-20-23;/h15-16,18,21,23H,2-14,17,19-20H2,1H3;1H3. The highest BCUT2D eigenvalue weighted by Crippen LogP contribution is 2.27. The van der Waals surface area contributed by atoms with Crippen LogP contribution < -0.4 is 6.15 Å². The fraction of sp³-hybridized carbons (Fsp3) is 0.750. The van der Waals surface area contributed by atoms with Gasteiger partial charge in [-0.1, -0.05) is 102 Å². The second-order valence-corrected chi connectivity index (χ2v) is 9.89. The molecule has 0 heterocycles. The van der Waals surface area contributed by atoms with E-state index in [-0.39, 0.29) is 12.3 Å². The normalized spacial score (nSPS) is 15.2. The van der Waals surface area contributed by atoms with Crippen LogP contribution in [0.5, 0.6) is 0 Å². The van der Waals surface area contributed by atoms with Gasteiger partial charge in [0.1, 0.15) is 0 Å². The molecule has 1 fully saturated rings. The Hall–Kier alpha value is -0.910. The maximum absolute atomic E-state index is 12.8. The highest BCUT2D eigenvalue weighted by Gasteiger charge is 2.25. The zero-order valence-electron chi connectivity index (χ0n) is 18.5. The number of unbranched alkanes of at least 4 members (excludes halogenated alkanes) is 9. The molecule has 1 saturated carbocycles. The van der Waals surface area contributed by atoms with E-state index in [4.69, 9.17) is 4.18 Å². The van der Waals surface area contributed by atoms with Crippen LogP contribution in [0.3, 0.4) is 0 Å². The zero-order chi connectivity index (χ0) is 20.1. The molecule has 0 aliphatic heterocycles. The van der Waals surface area contributed by atoms with E-state index in [1.807, 2.05) is 12.1 Å². The molecule has 0 unspecified atom stereocenters. The van der Waals surface area contributed by atoms with Crippen LogP contribution in [-0.4, -0.2) is 14.5 Å². The van der Waals surface area contributed by atoms with Gasteiger partial charge in [-0.05, 0) is 37.3 Å². The molecule has 0 bridgehead atoms. The first-order valence-corrected chi connectivity index (χ1v) is 13.1. The third-order valence-electron chi connectivity index (χ3n) is 5.86. The molecule has 0 radical (unpaired) electrons. The van der Waals surface area contributed by atoms with Gasteiger partial charge in [0.05, 0.1) is 11.0 Å². The molecule has 2 rings (SSSR count). The van der Waals surface area contributed by atoms with Gasteiger partial charge >= 0.3 is 0 Å². The quantitative estimate of drug-likeness (QED) is 0.249. The topological polar surface area (TPSA) is 78.4 Å². The van der Waals surface area contributed by atoms with E-state index in [0.29, 0.717) is 4.90 Å². The summed E-state index contributed by atoms with van der Waals surface area (Å²) in [4.78, 5) is 0.386. The predicted molar refractivity (Wildman–Crippen MR) is 122 cm³/mol. The van der Waals surface area contributed by atoms with E-state index < -0.39 is 10.1 Å². The number of rotatable bonds is 14. The van der Waals surface area contributed by atoms with Crippen LogP contribution in [0.15, 0.2) is 29.2 Å². The summed E-state index contributed by atoms with van der Waals surface area (Å²) < 4.78 is 31.1. The lowest BCUT2D eigenvalue weighted by molar-refractivity contribution is 0.162. The monoisotopic (exact) mass is 425 g/mol. The number of hydrogen-bond acceptors (Lipinski definition) is 4. The Morgan fingerprint density at radius 2 is 1.38 bits per heavy atom. The van der Waals surface area contributed by atoms with Crippen molar-refractivity contribution in [2.75, 3.05) is 0 Å². The van der Waals surface area contributed by atoms with Crippen molar-refractivity contribution in [2.45, 2.75) is 121 Å². The van der Waals surface area contributed by atoms with Gasteiger partial charge in [0.15, 0.2) is 0 Å². The third-order valence-corrected chi connectivity index (χ3v) is 7.32. The van der Waals surface area contributed by atoms with Crippen LogP contribution in [0.1, 0.15) is 109 Å². The van der Waals surface area contributed by atoms with Crippen molar-refractivity contribution in [3.8, 4) is 0 Å². The molecule has 1 aromatic carbocycles. The fourth-order valence-corrected chi connectivity index (χ4v) is 5.54. The average Bonchev–Trinajstić information content (AvgIpc) is 2.70. The van der Waals surface area contributed by atoms with Crippen molar-refractivity contribution in [1.29, 1.82) is 0 Å². The minimum absolute atomic E-state index is 0. The second kappa shape index (κ2) is 15.0. The molecule has 4 nitrogen and oxygen atoms in total. The Morgan fingerprint density at radius 1 is 0.828 bits per heavy atom. The molecule has 1 aliphatic carbocycles. The second-order valence-electron chi connectivity index (χ2n) is 8.35. The summed E-state index contributed by atoms with van der Waals surface area (Å²) >= 11 is 0. The van der Waals surface area contributed by atoms with E-state index in [1.54, 1.807) is 12.1 Å². The molecule has 1 aromatic rings. The Balaban J connectivity index is 0.00000420. The average molecular weight is 426 g/mol. The summed E-state index contributed by atoms with van der Waals surface area (Å²) in [5.74, 6) is 0. The number of hydrogen-bond donors (Lipinski definition) is 1. The van der Waals surface area contributed by atoms with Gasteiger partial charge in [0.25, 0.3) is 10.1 Å². The Labute approximate surface area is 179 Å². The minimum Gasteiger partial charge on any atom is -0.344 e. The molecular weight excluding hydrogens is 382 g/mol. The van der Waals surface area contributed by atoms with E-state index in [1.165, 1.54) is 64.2 Å². The summed E-state index contributed by atoms with van der Waals surface area (Å²) in [6.07, 6.45) is 18.6. The Bertz CT molecular complexity index is 639. The van der Waals surface area contributed by atoms with Crippen molar-refractivity contribution in [1.82, 2.24) is 6.15 Å². The number of aryl methyl sites for hydroxylation is 1. The first-order chi connectivity index (χ1) is 13.6. The molecule has 0 atom stereocenters. The van der Waals surface area contributed by atoms with Crippen molar-refractivity contribution in [3.63, 3.8) is 0 Å². The van der Waals surface area contributed by atoms with Crippen LogP contribution in [0.2, 0.25) is 0 Å². The van der Waals surface area contributed by atoms with Gasteiger partial charge in [-0.25, -0.2) is 0 Å². The molecule has 1 aliphatic rings. The van der Waals surface area contributed by atoms with Crippen molar-refractivity contribution in [3.05, 3.63) is 29.8 Å². The van der Waals surface area contributed by atoms with Crippen LogP contribution in [0.4, 0.5) is 0 Å². The Morgan fingerprint density at radius 3 is 2.00 bits per heavy atom. The van der Waals surface area contributed by atoms with Gasteiger partial charge in [0.2, 0.25) is 0 Å². The Kier molecular flexibility index (Phi) is 13.5. The molecular formula is C24H43NO3S. The molecule has 5 heteroatoms. The lowest BCUT2D eigenvalue weighted by atomic mass is 9.98. The lowest BCUT2D eigenvalue weighted by Gasteiger charge is -2.22. The summed E-state index contributed by atoms with van der Waals surface area (Å²) in [7, 11) is -3.65. The summed E-state index contributed by atoms with van der Waals surface area (Å²) in [6, 6.07) is 7.40. The summed E-state index contributed by atoms with van der Waals surface area (Å²) in [5.41, 5.74) is 0.915. The van der Waals surface area contributed by atoms with E-state index in [2.05, 4.69) is 6.92 Å². The highest BCUT2D eigenvalue weighted by molar-refractivity contribution is 7.86. The molecule has 0 aromatic heterocycles. The van der Waals surface area contributed by atoms with Crippen LogP contribution in [0, 0.1) is 0 Å². The smallest absolute Gasteiger partial charge is 0.297 e. The summed E-state index contributed by atoms with van der Waals surface area (Å²) in [5, 5.41) is 0. The SMILES string of the molecule is CCCCCCCCCCCCc1ccccc1S(=O)(=O)OC1CCCCC1.N. The number of benzene rings is 1. The highest BCUT2D eigenvalue weighted by atomic mass is 32.2. The first kappa shape index (κ1) is 26.1. The van der Waals surface area contributed by atoms with Gasteiger partial charge in [-0.2, -0.15) is 8.42 Å². The van der Waals surface area contributed by atoms with Crippen LogP contribution in [-0.2, 0) is 20.7 Å². The van der Waals surface area contributed by atoms with E-state index >= 15 is 0 Å². The zero-order valence-corrected chi connectivity index (χ0v) is 19.4. The molecule has 3 N–H and O–H groups in total. The molecule has 0 amide bonds. The van der Waals surface area contributed by atoms with E-state index in [9.17, 15) is 8.42 Å². The van der Waals surface area contributed by atoms with Crippen LogP contribution >= 0.6 is 0 Å². The first-order valence-electron chi connectivity index (χ1n) is 11.6. The van der Waals surface area contributed by atoms with Crippen LogP contribution in [0.25, 0.3) is 0 Å². The molecule has 0 saturated heterocycles. The predicted octanol–water partition coefficient (Wildman–Crippen LogP) is 7.35. The van der Waals surface area contributed by atoms with E-state index in [0.717, 1.165) is 44.1 Å². The molecule has 0 spiro atoms. The summed E-state index contributed by atoms with van der Waals surface area (Å²) in [6.45, 7) is 2.26. The minimum atomic E-state index is -3.65. The third kappa shape index (κ3) is 10.1. The van der Waals surface area contributed by atoms with Crippen molar-refractivity contribution < 1.29 is 12.6 Å². The largest absolute Gasteiger partial charge is 0.344 e. The maximum atomic E-state index is 12.8. The van der Waals surface area contributed by atoms with Gasteiger partial charge in [-0.15, -0.1) is 0 Å². The van der Waals surface area contributed by atoms with Gasteiger partial charge < -0.3 is 6.15 Å². The molecule has 168 valence electrons. The van der Waals surface area contributed by atoms with Gasteiger partial charge in [0, 0.05) is 0 Å².